The third-order valence-corrected chi connectivity index (χ3v) is 4.29. The van der Waals surface area contributed by atoms with E-state index in [1.165, 1.54) is 0 Å². The monoisotopic (exact) mass is 430 g/mol. The summed E-state index contributed by atoms with van der Waals surface area (Å²) in [6.45, 7) is 0. The molecular weight excluding hydrogens is 422 g/mol. The summed E-state index contributed by atoms with van der Waals surface area (Å²) in [5.74, 6) is 0.890. The van der Waals surface area contributed by atoms with Crippen molar-refractivity contribution >= 4 is 51.6 Å². The lowest BCUT2D eigenvalue weighted by molar-refractivity contribution is 0.436. The molecule has 0 radical (unpaired) electrons. The second kappa shape index (κ2) is 5.87. The fourth-order valence-electron chi connectivity index (χ4n) is 2.05. The Hall–Kier alpha value is -1.24. The number of nitrogens with two attached hydrogens (primary N) is 1. The molecule has 0 aliphatic heterocycles. The van der Waals surface area contributed by atoms with Gasteiger partial charge in [-0.05, 0) is 46.9 Å². The van der Waals surface area contributed by atoms with Crippen LogP contribution >= 0.6 is 45.8 Å². The minimum absolute atomic E-state index is 0.299. The average Bonchev–Trinajstić information content (AvgIpc) is 2.82. The van der Waals surface area contributed by atoms with Crippen molar-refractivity contribution in [3.05, 3.63) is 56.1 Å². The molecule has 6 heteroatoms. The molecule has 0 atom stereocenters. The molecule has 1 aromatic heterocycles. The van der Waals surface area contributed by atoms with Crippen molar-refractivity contribution < 1.29 is 4.52 Å². The van der Waals surface area contributed by atoms with Gasteiger partial charge in [0.15, 0.2) is 11.6 Å². The first-order valence-electron chi connectivity index (χ1n) is 6.03. The fourth-order valence-corrected chi connectivity index (χ4v) is 2.92. The van der Waals surface area contributed by atoms with Gasteiger partial charge in [0.2, 0.25) is 0 Å². The Bertz CT molecular complexity index is 800. The van der Waals surface area contributed by atoms with Crippen molar-refractivity contribution in [2.45, 2.75) is 0 Å². The SMILES string of the molecule is Nc1noc(-c2ccc(I)cc2)c1-c1ccc(Cl)cc1Cl. The Balaban J connectivity index is 2.19. The lowest BCUT2D eigenvalue weighted by atomic mass is 10.0. The molecule has 1 heterocycles. The highest BCUT2D eigenvalue weighted by atomic mass is 127. The predicted molar refractivity (Wildman–Crippen MR) is 94.5 cm³/mol. The van der Waals surface area contributed by atoms with Gasteiger partial charge >= 0.3 is 0 Å². The van der Waals surface area contributed by atoms with Crippen LogP contribution in [0.2, 0.25) is 10.0 Å². The summed E-state index contributed by atoms with van der Waals surface area (Å²) >= 11 is 14.4. The molecular formula is C15H9Cl2IN2O. The molecule has 0 saturated heterocycles. The van der Waals surface area contributed by atoms with Crippen LogP contribution in [0, 0.1) is 3.57 Å². The zero-order valence-electron chi connectivity index (χ0n) is 10.6. The third kappa shape index (κ3) is 2.88. The van der Waals surface area contributed by atoms with E-state index < -0.39 is 0 Å². The number of halogens is 3. The van der Waals surface area contributed by atoms with E-state index in [0.29, 0.717) is 27.2 Å². The molecule has 0 unspecified atom stereocenters. The lowest BCUT2D eigenvalue weighted by Crippen LogP contribution is -1.90. The first kappa shape index (κ1) is 14.7. The highest BCUT2D eigenvalue weighted by molar-refractivity contribution is 14.1. The first-order chi connectivity index (χ1) is 10.1. The zero-order chi connectivity index (χ0) is 15.0. The van der Waals surface area contributed by atoms with Crippen LogP contribution in [-0.2, 0) is 0 Å². The summed E-state index contributed by atoms with van der Waals surface area (Å²) in [6.07, 6.45) is 0. The van der Waals surface area contributed by atoms with Crippen LogP contribution in [0.5, 0.6) is 0 Å². The number of nitrogen functional groups attached to an aromatic ring is 1. The Labute approximate surface area is 145 Å². The molecule has 0 spiro atoms. The Kier molecular flexibility index (Phi) is 4.10. The quantitative estimate of drug-likeness (QED) is 0.546. The van der Waals surface area contributed by atoms with E-state index in [4.69, 9.17) is 33.5 Å². The molecule has 3 rings (SSSR count). The molecule has 0 fully saturated rings. The first-order valence-corrected chi connectivity index (χ1v) is 7.86. The van der Waals surface area contributed by atoms with Crippen molar-refractivity contribution in [3.63, 3.8) is 0 Å². The van der Waals surface area contributed by atoms with E-state index in [9.17, 15) is 0 Å². The maximum atomic E-state index is 6.27. The van der Waals surface area contributed by atoms with Crippen molar-refractivity contribution in [1.82, 2.24) is 5.16 Å². The van der Waals surface area contributed by atoms with Gasteiger partial charge in [0.05, 0.1) is 10.6 Å². The molecule has 0 aliphatic rings. The van der Waals surface area contributed by atoms with E-state index in [1.54, 1.807) is 12.1 Å². The Morgan fingerprint density at radius 2 is 1.76 bits per heavy atom. The van der Waals surface area contributed by atoms with Gasteiger partial charge in [-0.15, -0.1) is 0 Å². The van der Waals surface area contributed by atoms with E-state index in [2.05, 4.69) is 27.7 Å². The highest BCUT2D eigenvalue weighted by Crippen LogP contribution is 2.40. The van der Waals surface area contributed by atoms with Crippen molar-refractivity contribution in [3.8, 4) is 22.5 Å². The Morgan fingerprint density at radius 1 is 1.05 bits per heavy atom. The summed E-state index contributed by atoms with van der Waals surface area (Å²) in [6, 6.07) is 13.1. The molecule has 106 valence electrons. The van der Waals surface area contributed by atoms with Crippen LogP contribution in [0.15, 0.2) is 47.0 Å². The number of rotatable bonds is 2. The minimum Gasteiger partial charge on any atom is -0.380 e. The van der Waals surface area contributed by atoms with E-state index in [0.717, 1.165) is 14.7 Å². The smallest absolute Gasteiger partial charge is 0.176 e. The second-order valence-electron chi connectivity index (χ2n) is 4.40. The number of hydrogen-bond donors (Lipinski definition) is 1. The van der Waals surface area contributed by atoms with E-state index >= 15 is 0 Å². The Morgan fingerprint density at radius 3 is 2.43 bits per heavy atom. The zero-order valence-corrected chi connectivity index (χ0v) is 14.3. The standard InChI is InChI=1S/C15H9Cl2IN2O/c16-9-3-6-11(12(17)7-9)13-14(21-20-15(13)19)8-1-4-10(18)5-2-8/h1-7H,(H2,19,20). The van der Waals surface area contributed by atoms with Gasteiger partial charge in [0.25, 0.3) is 0 Å². The summed E-state index contributed by atoms with van der Waals surface area (Å²) in [4.78, 5) is 0. The molecule has 2 N–H and O–H groups in total. The van der Waals surface area contributed by atoms with Gasteiger partial charge < -0.3 is 10.3 Å². The number of hydrogen-bond acceptors (Lipinski definition) is 3. The lowest BCUT2D eigenvalue weighted by Gasteiger charge is -2.06. The minimum atomic E-state index is 0.299. The van der Waals surface area contributed by atoms with Gasteiger partial charge in [0, 0.05) is 19.7 Å². The molecule has 21 heavy (non-hydrogen) atoms. The van der Waals surface area contributed by atoms with E-state index in [1.807, 2.05) is 30.3 Å². The maximum absolute atomic E-state index is 6.27. The number of nitrogens with zero attached hydrogens (tertiary/aromatic N) is 1. The van der Waals surface area contributed by atoms with Crippen LogP contribution in [0.1, 0.15) is 0 Å². The van der Waals surface area contributed by atoms with Gasteiger partial charge in [-0.3, -0.25) is 0 Å². The average molecular weight is 431 g/mol. The molecule has 3 nitrogen and oxygen atoms in total. The van der Waals surface area contributed by atoms with E-state index in [-0.39, 0.29) is 0 Å². The van der Waals surface area contributed by atoms with Crippen LogP contribution in [0.3, 0.4) is 0 Å². The molecule has 2 aromatic carbocycles. The number of benzene rings is 2. The number of anilines is 1. The maximum Gasteiger partial charge on any atom is 0.176 e. The predicted octanol–water partition coefficient (Wildman–Crippen LogP) is 5.50. The van der Waals surface area contributed by atoms with Crippen LogP contribution < -0.4 is 5.73 Å². The van der Waals surface area contributed by atoms with Gasteiger partial charge in [-0.1, -0.05) is 46.6 Å². The van der Waals surface area contributed by atoms with Crippen LogP contribution in [0.4, 0.5) is 5.82 Å². The van der Waals surface area contributed by atoms with Gasteiger partial charge in [-0.2, -0.15) is 0 Å². The summed E-state index contributed by atoms with van der Waals surface area (Å²) in [7, 11) is 0. The van der Waals surface area contributed by atoms with Crippen molar-refractivity contribution in [2.24, 2.45) is 0 Å². The second-order valence-corrected chi connectivity index (χ2v) is 6.49. The molecule has 0 bridgehead atoms. The summed E-state index contributed by atoms with van der Waals surface area (Å²) in [5, 5.41) is 4.93. The van der Waals surface area contributed by atoms with Gasteiger partial charge in [0.1, 0.15) is 0 Å². The topological polar surface area (TPSA) is 52.0 Å². The number of aromatic nitrogens is 1. The molecule has 0 aliphatic carbocycles. The molecule has 3 aromatic rings. The van der Waals surface area contributed by atoms with Crippen LogP contribution in [0.25, 0.3) is 22.5 Å². The summed E-state index contributed by atoms with van der Waals surface area (Å²) < 4.78 is 6.53. The van der Waals surface area contributed by atoms with Crippen LogP contribution in [-0.4, -0.2) is 5.16 Å². The van der Waals surface area contributed by atoms with Gasteiger partial charge in [-0.25, -0.2) is 0 Å². The normalized spacial score (nSPS) is 10.8. The third-order valence-electron chi connectivity index (χ3n) is 3.03. The largest absolute Gasteiger partial charge is 0.380 e. The van der Waals surface area contributed by atoms with Crippen molar-refractivity contribution in [1.29, 1.82) is 0 Å². The fraction of sp³-hybridized carbons (Fsp3) is 0. The molecule has 0 saturated carbocycles. The molecule has 0 amide bonds. The highest BCUT2D eigenvalue weighted by Gasteiger charge is 2.19. The summed E-state index contributed by atoms with van der Waals surface area (Å²) in [5.41, 5.74) is 8.26. The van der Waals surface area contributed by atoms with Crippen molar-refractivity contribution in [2.75, 3.05) is 5.73 Å².